The van der Waals surface area contributed by atoms with E-state index in [0.29, 0.717) is 18.2 Å². The summed E-state index contributed by atoms with van der Waals surface area (Å²) in [7, 11) is 0. The summed E-state index contributed by atoms with van der Waals surface area (Å²) >= 11 is 0. The maximum absolute atomic E-state index is 11.8. The number of rotatable bonds is 3. The van der Waals surface area contributed by atoms with Crippen LogP contribution in [-0.4, -0.2) is 45.8 Å². The van der Waals surface area contributed by atoms with E-state index in [1.165, 1.54) is 0 Å². The van der Waals surface area contributed by atoms with E-state index in [-0.39, 0.29) is 6.04 Å². The van der Waals surface area contributed by atoms with Crippen LogP contribution in [0.3, 0.4) is 0 Å². The fourth-order valence-corrected chi connectivity index (χ4v) is 3.53. The molecule has 2 heterocycles. The molecule has 1 aliphatic heterocycles. The monoisotopic (exact) mass is 320 g/mol. The van der Waals surface area contributed by atoms with E-state index < -0.39 is 11.6 Å². The van der Waals surface area contributed by atoms with Crippen molar-refractivity contribution in [2.75, 3.05) is 23.7 Å². The number of carbonyl (C=O) groups is 1. The third-order valence-corrected chi connectivity index (χ3v) is 4.55. The molecule has 1 aliphatic rings. The van der Waals surface area contributed by atoms with Gasteiger partial charge in [-0.2, -0.15) is 0 Å². The van der Waals surface area contributed by atoms with Crippen molar-refractivity contribution in [1.82, 2.24) is 9.88 Å². The zero-order valence-corrected chi connectivity index (χ0v) is 14.5. The third-order valence-electron chi connectivity index (χ3n) is 4.55. The van der Waals surface area contributed by atoms with Gasteiger partial charge in [0.2, 0.25) is 0 Å². The summed E-state index contributed by atoms with van der Waals surface area (Å²) in [5.41, 5.74) is 7.23. The van der Waals surface area contributed by atoms with Crippen molar-refractivity contribution in [3.05, 3.63) is 18.5 Å². The molecule has 6 heteroatoms. The van der Waals surface area contributed by atoms with Crippen molar-refractivity contribution in [3.8, 4) is 0 Å². The Morgan fingerprint density at radius 2 is 2.17 bits per heavy atom. The molecule has 6 nitrogen and oxygen atoms in total. The lowest BCUT2D eigenvalue weighted by atomic mass is 9.89. The molecule has 23 heavy (non-hydrogen) atoms. The molecule has 0 unspecified atom stereocenters. The van der Waals surface area contributed by atoms with Gasteiger partial charge in [-0.25, -0.2) is 4.79 Å². The van der Waals surface area contributed by atoms with Crippen LogP contribution in [0.2, 0.25) is 0 Å². The number of amides is 1. The van der Waals surface area contributed by atoms with E-state index in [1.54, 1.807) is 17.3 Å². The first kappa shape index (κ1) is 17.4. The number of hydrogen-bond acceptors (Lipinski definition) is 4. The molecular formula is C17H28N4O2. The van der Waals surface area contributed by atoms with Crippen LogP contribution in [-0.2, 0) is 0 Å². The summed E-state index contributed by atoms with van der Waals surface area (Å²) in [5.74, 6) is 0.450. The summed E-state index contributed by atoms with van der Waals surface area (Å²) < 4.78 is 0. The molecule has 2 atom stereocenters. The van der Waals surface area contributed by atoms with Crippen molar-refractivity contribution in [1.29, 1.82) is 0 Å². The van der Waals surface area contributed by atoms with Gasteiger partial charge in [0, 0.05) is 24.8 Å². The second-order valence-corrected chi connectivity index (χ2v) is 7.33. The Kier molecular flexibility index (Phi) is 5.02. The average Bonchev–Trinajstić information content (AvgIpc) is 2.45. The molecule has 128 valence electrons. The van der Waals surface area contributed by atoms with Crippen molar-refractivity contribution < 1.29 is 9.90 Å². The van der Waals surface area contributed by atoms with E-state index in [0.717, 1.165) is 25.1 Å². The van der Waals surface area contributed by atoms with E-state index in [4.69, 9.17) is 5.73 Å². The number of nitrogens with two attached hydrogens (primary N) is 1. The molecule has 1 aromatic heterocycles. The number of nitrogen functional groups attached to an aromatic ring is 1. The van der Waals surface area contributed by atoms with Crippen molar-refractivity contribution in [2.24, 2.45) is 5.92 Å². The first-order valence-corrected chi connectivity index (χ1v) is 8.20. The van der Waals surface area contributed by atoms with Crippen molar-refractivity contribution in [3.63, 3.8) is 0 Å². The standard InChI is InChI=1S/C17H28N4O2/c1-5-12-8-13(21(16(22)23)17(2,3)4)11-20(10-12)15-6-7-19-9-14(15)18/h6-7,9,12-13H,5,8,10-11,18H2,1-4H3,(H,22,23)/t12-,13+/m1/s1. The van der Waals surface area contributed by atoms with Crippen LogP contribution in [0.15, 0.2) is 18.5 Å². The lowest BCUT2D eigenvalue weighted by molar-refractivity contribution is 0.0571. The number of anilines is 2. The second kappa shape index (κ2) is 6.64. The molecule has 0 radical (unpaired) electrons. The van der Waals surface area contributed by atoms with E-state index in [1.807, 2.05) is 26.8 Å². The first-order valence-electron chi connectivity index (χ1n) is 8.20. The van der Waals surface area contributed by atoms with Gasteiger partial charge in [0.1, 0.15) is 0 Å². The molecule has 0 spiro atoms. The minimum Gasteiger partial charge on any atom is -0.465 e. The predicted molar refractivity (Wildman–Crippen MR) is 92.7 cm³/mol. The van der Waals surface area contributed by atoms with Crippen LogP contribution in [0.4, 0.5) is 16.2 Å². The minimum absolute atomic E-state index is 0.0428. The quantitative estimate of drug-likeness (QED) is 0.894. The zero-order valence-electron chi connectivity index (χ0n) is 14.5. The normalized spacial score (nSPS) is 22.0. The number of nitrogens with zero attached hydrogens (tertiary/aromatic N) is 3. The Balaban J connectivity index is 2.31. The van der Waals surface area contributed by atoms with E-state index in [2.05, 4.69) is 16.8 Å². The topological polar surface area (TPSA) is 82.7 Å². The molecule has 0 aromatic carbocycles. The third kappa shape index (κ3) is 3.86. The highest BCUT2D eigenvalue weighted by atomic mass is 16.4. The number of piperidine rings is 1. The first-order chi connectivity index (χ1) is 10.7. The number of hydrogen-bond donors (Lipinski definition) is 2. The second-order valence-electron chi connectivity index (χ2n) is 7.33. The molecule has 1 saturated heterocycles. The Labute approximate surface area is 138 Å². The summed E-state index contributed by atoms with van der Waals surface area (Å²) in [6, 6.07) is 1.87. The van der Waals surface area contributed by atoms with Gasteiger partial charge in [0.05, 0.1) is 23.6 Å². The van der Waals surface area contributed by atoms with Gasteiger partial charge in [-0.05, 0) is 39.2 Å². The highest BCUT2D eigenvalue weighted by molar-refractivity contribution is 5.68. The van der Waals surface area contributed by atoms with Gasteiger partial charge in [-0.15, -0.1) is 0 Å². The lowest BCUT2D eigenvalue weighted by Crippen LogP contribution is -2.58. The Hall–Kier alpha value is -1.98. The van der Waals surface area contributed by atoms with E-state index in [9.17, 15) is 9.90 Å². The van der Waals surface area contributed by atoms with Gasteiger partial charge in [-0.1, -0.05) is 13.3 Å². The zero-order chi connectivity index (χ0) is 17.2. The molecule has 1 fully saturated rings. The highest BCUT2D eigenvalue weighted by Gasteiger charge is 2.38. The summed E-state index contributed by atoms with van der Waals surface area (Å²) in [4.78, 5) is 19.7. The Bertz CT molecular complexity index is 556. The van der Waals surface area contributed by atoms with Gasteiger partial charge in [-0.3, -0.25) is 9.88 Å². The van der Waals surface area contributed by atoms with Gasteiger partial charge in [0.25, 0.3) is 0 Å². The molecule has 3 N–H and O–H groups in total. The van der Waals surface area contributed by atoms with Gasteiger partial charge < -0.3 is 15.7 Å². The Morgan fingerprint density at radius 3 is 2.70 bits per heavy atom. The summed E-state index contributed by atoms with van der Waals surface area (Å²) in [6.45, 7) is 9.56. The van der Waals surface area contributed by atoms with Crippen LogP contribution >= 0.6 is 0 Å². The predicted octanol–water partition coefficient (Wildman–Crippen LogP) is 3.05. The molecule has 1 amide bonds. The van der Waals surface area contributed by atoms with Gasteiger partial charge in [0.15, 0.2) is 0 Å². The van der Waals surface area contributed by atoms with Gasteiger partial charge >= 0.3 is 6.09 Å². The number of carboxylic acid groups (broad SMARTS) is 1. The maximum atomic E-state index is 11.8. The smallest absolute Gasteiger partial charge is 0.408 e. The van der Waals surface area contributed by atoms with E-state index >= 15 is 0 Å². The summed E-state index contributed by atoms with van der Waals surface area (Å²) in [6.07, 6.45) is 4.44. The minimum atomic E-state index is -0.859. The highest BCUT2D eigenvalue weighted by Crippen LogP contribution is 2.32. The van der Waals surface area contributed by atoms with Crippen LogP contribution < -0.4 is 10.6 Å². The molecule has 2 rings (SSSR count). The fourth-order valence-electron chi connectivity index (χ4n) is 3.53. The lowest BCUT2D eigenvalue weighted by Gasteiger charge is -2.47. The summed E-state index contributed by atoms with van der Waals surface area (Å²) in [5, 5.41) is 9.70. The Morgan fingerprint density at radius 1 is 1.48 bits per heavy atom. The van der Waals surface area contributed by atoms with Crippen molar-refractivity contribution in [2.45, 2.75) is 52.1 Å². The average molecular weight is 320 g/mol. The van der Waals surface area contributed by atoms with Crippen molar-refractivity contribution >= 4 is 17.5 Å². The number of pyridine rings is 1. The van der Waals surface area contributed by atoms with Crippen LogP contribution in [0.1, 0.15) is 40.5 Å². The molecule has 0 saturated carbocycles. The van der Waals surface area contributed by atoms with Crippen LogP contribution in [0.25, 0.3) is 0 Å². The maximum Gasteiger partial charge on any atom is 0.408 e. The van der Waals surface area contributed by atoms with Crippen LogP contribution in [0, 0.1) is 5.92 Å². The SMILES string of the molecule is CC[C@@H]1C[C@H](N(C(=O)O)C(C)(C)C)CN(c2ccncc2N)C1. The molecule has 0 bridgehead atoms. The molecule has 0 aliphatic carbocycles. The number of aromatic nitrogens is 1. The molecule has 1 aromatic rings. The largest absolute Gasteiger partial charge is 0.465 e. The molecular weight excluding hydrogens is 292 g/mol. The van der Waals surface area contributed by atoms with Crippen LogP contribution in [0.5, 0.6) is 0 Å². The fraction of sp³-hybridized carbons (Fsp3) is 0.647.